The number of ether oxygens (including phenoxy) is 2. The zero-order chi connectivity index (χ0) is 13.9. The second-order valence-electron chi connectivity index (χ2n) is 5.04. The number of para-hydroxylation sites is 1. The molecule has 5 nitrogen and oxygen atoms in total. The number of carbonyl (C=O) groups excluding carboxylic acids is 1. The molecular formula is C15H18N2O3. The Bertz CT molecular complexity index is 602. The number of nitrogens with one attached hydrogen (secondary N) is 1. The van der Waals surface area contributed by atoms with Gasteiger partial charge in [-0.25, -0.2) is 0 Å². The summed E-state index contributed by atoms with van der Waals surface area (Å²) >= 11 is 0. The minimum Gasteiger partial charge on any atom is -0.360 e. The SMILES string of the molecule is CN(CC(=O)c1c[nH]c2ccccc12)CC1OCCO1. The number of carbonyl (C=O) groups is 1. The molecule has 20 heavy (non-hydrogen) atoms. The van der Waals surface area contributed by atoms with Crippen molar-refractivity contribution >= 4 is 16.7 Å². The summed E-state index contributed by atoms with van der Waals surface area (Å²) in [6, 6.07) is 7.82. The van der Waals surface area contributed by atoms with E-state index in [1.54, 1.807) is 6.20 Å². The highest BCUT2D eigenvalue weighted by atomic mass is 16.7. The second kappa shape index (κ2) is 5.75. The summed E-state index contributed by atoms with van der Waals surface area (Å²) in [5.41, 5.74) is 1.72. The molecule has 1 aliphatic rings. The number of hydrogen-bond donors (Lipinski definition) is 1. The molecule has 0 radical (unpaired) electrons. The minimum absolute atomic E-state index is 0.1000. The lowest BCUT2D eigenvalue weighted by atomic mass is 10.1. The standard InChI is InChI=1S/C15H18N2O3/c1-17(10-15-19-6-7-20-15)9-14(18)12-8-16-13-5-3-2-4-11(12)13/h2-5,8,15-16H,6-7,9-10H2,1H3. The van der Waals surface area contributed by atoms with Crippen LogP contribution in [0.4, 0.5) is 0 Å². The Morgan fingerprint density at radius 3 is 2.90 bits per heavy atom. The summed E-state index contributed by atoms with van der Waals surface area (Å²) in [5, 5.41) is 0.972. The van der Waals surface area contributed by atoms with Crippen molar-refractivity contribution in [1.29, 1.82) is 0 Å². The van der Waals surface area contributed by atoms with Gasteiger partial charge in [-0.15, -0.1) is 0 Å². The Morgan fingerprint density at radius 2 is 2.10 bits per heavy atom. The molecule has 2 aromatic rings. The summed E-state index contributed by atoms with van der Waals surface area (Å²) < 4.78 is 10.8. The Morgan fingerprint density at radius 1 is 1.35 bits per heavy atom. The van der Waals surface area contributed by atoms with Crippen molar-refractivity contribution in [3.8, 4) is 0 Å². The topological polar surface area (TPSA) is 54.6 Å². The van der Waals surface area contributed by atoms with Gasteiger partial charge in [0.15, 0.2) is 12.1 Å². The molecule has 1 aromatic carbocycles. The predicted octanol–water partition coefficient (Wildman–Crippen LogP) is 1.66. The van der Waals surface area contributed by atoms with Crippen LogP contribution in [-0.4, -0.2) is 55.3 Å². The molecule has 1 aliphatic heterocycles. The van der Waals surface area contributed by atoms with Crippen molar-refractivity contribution in [3.63, 3.8) is 0 Å². The molecule has 5 heteroatoms. The molecule has 0 unspecified atom stereocenters. The van der Waals surface area contributed by atoms with E-state index in [0.717, 1.165) is 16.5 Å². The maximum absolute atomic E-state index is 12.4. The molecule has 0 spiro atoms. The number of aromatic nitrogens is 1. The number of rotatable bonds is 5. The third kappa shape index (κ3) is 2.75. The van der Waals surface area contributed by atoms with Crippen molar-refractivity contribution < 1.29 is 14.3 Å². The summed E-state index contributed by atoms with van der Waals surface area (Å²) in [5.74, 6) is 0.1000. The molecule has 0 atom stereocenters. The van der Waals surface area contributed by atoms with E-state index in [2.05, 4.69) is 4.98 Å². The Hall–Kier alpha value is -1.69. The van der Waals surface area contributed by atoms with Crippen LogP contribution in [0.5, 0.6) is 0 Å². The molecule has 0 amide bonds. The Balaban J connectivity index is 1.66. The van der Waals surface area contributed by atoms with E-state index in [1.807, 2.05) is 36.2 Å². The van der Waals surface area contributed by atoms with Crippen LogP contribution in [0, 0.1) is 0 Å². The number of nitrogens with zero attached hydrogens (tertiary/aromatic N) is 1. The maximum atomic E-state index is 12.4. The normalized spacial score (nSPS) is 16.3. The quantitative estimate of drug-likeness (QED) is 0.842. The molecule has 106 valence electrons. The third-order valence-corrected chi connectivity index (χ3v) is 3.45. The number of aromatic amines is 1. The number of fused-ring (bicyclic) bond motifs is 1. The average Bonchev–Trinajstić information content (AvgIpc) is 3.07. The molecule has 2 heterocycles. The van der Waals surface area contributed by atoms with Crippen molar-refractivity contribution in [2.75, 3.05) is 33.4 Å². The monoisotopic (exact) mass is 274 g/mol. The van der Waals surface area contributed by atoms with E-state index in [4.69, 9.17) is 9.47 Å². The summed E-state index contributed by atoms with van der Waals surface area (Å²) in [6.45, 7) is 2.23. The number of likely N-dealkylation sites (N-methyl/N-ethyl adjacent to an activating group) is 1. The van der Waals surface area contributed by atoms with Gasteiger partial charge in [0, 0.05) is 29.2 Å². The first-order valence-corrected chi connectivity index (χ1v) is 6.75. The van der Waals surface area contributed by atoms with Gasteiger partial charge in [-0.2, -0.15) is 0 Å². The first-order chi connectivity index (χ1) is 9.74. The summed E-state index contributed by atoms with van der Waals surface area (Å²) in [6.07, 6.45) is 1.57. The molecule has 1 fully saturated rings. The lowest BCUT2D eigenvalue weighted by molar-refractivity contribution is -0.0569. The minimum atomic E-state index is -0.212. The largest absolute Gasteiger partial charge is 0.360 e. The lowest BCUT2D eigenvalue weighted by Crippen LogP contribution is -2.33. The van der Waals surface area contributed by atoms with Crippen molar-refractivity contribution in [2.45, 2.75) is 6.29 Å². The van der Waals surface area contributed by atoms with Gasteiger partial charge in [-0.05, 0) is 13.1 Å². The molecule has 3 rings (SSSR count). The molecule has 1 saturated heterocycles. The number of hydrogen-bond acceptors (Lipinski definition) is 4. The van der Waals surface area contributed by atoms with Crippen molar-refractivity contribution in [1.82, 2.24) is 9.88 Å². The van der Waals surface area contributed by atoms with Gasteiger partial charge >= 0.3 is 0 Å². The molecule has 1 aromatic heterocycles. The number of Topliss-reactive ketones (excluding diaryl/α,β-unsaturated/α-hetero) is 1. The van der Waals surface area contributed by atoms with Crippen LogP contribution in [0.15, 0.2) is 30.5 Å². The molecule has 0 aliphatic carbocycles. The van der Waals surface area contributed by atoms with Crippen LogP contribution in [0.25, 0.3) is 10.9 Å². The number of H-pyrrole nitrogens is 1. The molecule has 1 N–H and O–H groups in total. The average molecular weight is 274 g/mol. The third-order valence-electron chi connectivity index (χ3n) is 3.45. The van der Waals surface area contributed by atoms with Gasteiger partial charge in [0.25, 0.3) is 0 Å². The zero-order valence-electron chi connectivity index (χ0n) is 11.5. The fourth-order valence-corrected chi connectivity index (χ4v) is 2.46. The van der Waals surface area contributed by atoms with Crippen LogP contribution in [0.1, 0.15) is 10.4 Å². The Kier molecular flexibility index (Phi) is 3.82. The van der Waals surface area contributed by atoms with Crippen LogP contribution in [-0.2, 0) is 9.47 Å². The van der Waals surface area contributed by atoms with Gasteiger partial charge in [0.1, 0.15) is 0 Å². The van der Waals surface area contributed by atoms with E-state index < -0.39 is 0 Å². The van der Waals surface area contributed by atoms with E-state index >= 15 is 0 Å². The second-order valence-corrected chi connectivity index (χ2v) is 5.04. The van der Waals surface area contributed by atoms with Gasteiger partial charge < -0.3 is 14.5 Å². The first kappa shape index (κ1) is 13.3. The number of benzene rings is 1. The number of ketones is 1. The summed E-state index contributed by atoms with van der Waals surface area (Å²) in [7, 11) is 1.90. The molecular weight excluding hydrogens is 256 g/mol. The van der Waals surface area contributed by atoms with Gasteiger partial charge in [0.05, 0.1) is 19.8 Å². The fraction of sp³-hybridized carbons (Fsp3) is 0.400. The highest BCUT2D eigenvalue weighted by Crippen LogP contribution is 2.18. The predicted molar refractivity (Wildman–Crippen MR) is 75.8 cm³/mol. The van der Waals surface area contributed by atoms with E-state index in [1.165, 1.54) is 0 Å². The smallest absolute Gasteiger partial charge is 0.178 e. The maximum Gasteiger partial charge on any atom is 0.178 e. The highest BCUT2D eigenvalue weighted by molar-refractivity contribution is 6.08. The van der Waals surface area contributed by atoms with E-state index in [0.29, 0.717) is 26.3 Å². The van der Waals surface area contributed by atoms with Gasteiger partial charge in [-0.1, -0.05) is 18.2 Å². The summed E-state index contributed by atoms with van der Waals surface area (Å²) in [4.78, 5) is 17.4. The highest BCUT2D eigenvalue weighted by Gasteiger charge is 2.20. The Labute approximate surface area is 117 Å². The molecule has 0 saturated carbocycles. The van der Waals surface area contributed by atoms with E-state index in [-0.39, 0.29) is 12.1 Å². The van der Waals surface area contributed by atoms with Gasteiger partial charge in [0.2, 0.25) is 0 Å². The van der Waals surface area contributed by atoms with Crippen LogP contribution in [0.2, 0.25) is 0 Å². The van der Waals surface area contributed by atoms with Crippen LogP contribution < -0.4 is 0 Å². The zero-order valence-corrected chi connectivity index (χ0v) is 11.5. The van der Waals surface area contributed by atoms with E-state index in [9.17, 15) is 4.79 Å². The molecule has 0 bridgehead atoms. The fourth-order valence-electron chi connectivity index (χ4n) is 2.46. The lowest BCUT2D eigenvalue weighted by Gasteiger charge is -2.18. The van der Waals surface area contributed by atoms with Crippen molar-refractivity contribution in [2.24, 2.45) is 0 Å². The van der Waals surface area contributed by atoms with Crippen LogP contribution in [0.3, 0.4) is 0 Å². The van der Waals surface area contributed by atoms with Crippen LogP contribution >= 0.6 is 0 Å². The van der Waals surface area contributed by atoms with Gasteiger partial charge in [-0.3, -0.25) is 9.69 Å². The van der Waals surface area contributed by atoms with Crippen molar-refractivity contribution in [3.05, 3.63) is 36.0 Å². The first-order valence-electron chi connectivity index (χ1n) is 6.75.